The third-order valence-corrected chi connectivity index (χ3v) is 10.9. The van der Waals surface area contributed by atoms with E-state index in [0.29, 0.717) is 30.5 Å². The molecule has 9 heteroatoms. The summed E-state index contributed by atoms with van der Waals surface area (Å²) in [7, 11) is -4.63. The minimum absolute atomic E-state index is 0.0302. The van der Waals surface area contributed by atoms with Gasteiger partial charge in [0, 0.05) is 18.3 Å². The number of nitrogens with zero attached hydrogens (tertiary/aromatic N) is 1. The number of aliphatic carboxylic acids is 1. The molecule has 0 radical (unpaired) electrons. The summed E-state index contributed by atoms with van der Waals surface area (Å²) in [5, 5.41) is 10.6. The number of carboxylic acid groups (broad SMARTS) is 1. The van der Waals surface area contributed by atoms with Gasteiger partial charge in [-0.3, -0.25) is 0 Å². The Labute approximate surface area is 255 Å². The minimum atomic E-state index is -4.63. The van der Waals surface area contributed by atoms with Crippen molar-refractivity contribution in [2.75, 3.05) is 19.7 Å². The molecule has 0 aromatic heterocycles. The van der Waals surface area contributed by atoms with E-state index in [9.17, 15) is 23.1 Å². The zero-order valence-corrected chi connectivity index (χ0v) is 26.5. The smallest absolute Gasteiger partial charge is 0.477 e. The number of nitrogens with two attached hydrogens (primary N) is 1. The first kappa shape index (κ1) is 32.4. The van der Waals surface area contributed by atoms with E-state index >= 15 is 0 Å². The molecule has 3 N–H and O–H groups in total. The van der Waals surface area contributed by atoms with Crippen LogP contribution in [0.2, 0.25) is 0 Å². The Morgan fingerprint density at radius 3 is 1.95 bits per heavy atom. The molecule has 0 aliphatic heterocycles. The van der Waals surface area contributed by atoms with Crippen molar-refractivity contribution in [3.63, 3.8) is 0 Å². The number of quaternary nitrogens is 1. The van der Waals surface area contributed by atoms with Crippen LogP contribution in [0.1, 0.15) is 66.8 Å². The monoisotopic (exact) mass is 607 g/mol. The van der Waals surface area contributed by atoms with Crippen molar-refractivity contribution in [3.05, 3.63) is 88.5 Å². The number of hydrogen-bond acceptors (Lipinski definition) is 6. The van der Waals surface area contributed by atoms with Gasteiger partial charge in [0.25, 0.3) is 0 Å². The maximum atomic E-state index is 14.9. The summed E-state index contributed by atoms with van der Waals surface area (Å²) in [6.07, 6.45) is -0.273. The number of carbonyl (C=O) groups excluding carboxylic acids is 1. The van der Waals surface area contributed by atoms with Gasteiger partial charge in [-0.1, -0.05) is 80.1 Å². The highest BCUT2D eigenvalue weighted by atomic mass is 32.2. The van der Waals surface area contributed by atoms with E-state index in [1.165, 1.54) is 0 Å². The first-order chi connectivity index (χ1) is 20.4. The average Bonchev–Trinajstić information content (AvgIpc) is 3.25. The molecule has 0 spiro atoms. The fraction of sp³-hybridized carbons (Fsp3) is 0.412. The van der Waals surface area contributed by atoms with Gasteiger partial charge in [-0.2, -0.15) is 13.2 Å². The van der Waals surface area contributed by atoms with Crippen LogP contribution in [0, 0.1) is 26.7 Å². The summed E-state index contributed by atoms with van der Waals surface area (Å²) in [4.78, 5) is 27.5. The number of amides is 1. The molecule has 43 heavy (non-hydrogen) atoms. The maximum Gasteiger partial charge on any atom is 0.532 e. The molecule has 8 nitrogen and oxygen atoms in total. The first-order valence-electron chi connectivity index (χ1n) is 14.9. The molecule has 2 atom stereocenters. The molecule has 0 heterocycles. The Kier molecular flexibility index (Phi) is 9.79. The van der Waals surface area contributed by atoms with E-state index < -0.39 is 32.0 Å². The quantitative estimate of drug-likeness (QED) is 0.183. The van der Waals surface area contributed by atoms with Crippen LogP contribution in [0.15, 0.2) is 65.6 Å². The number of carboxylic acids is 1. The van der Waals surface area contributed by atoms with Gasteiger partial charge in [0.15, 0.2) is 0 Å². The predicted octanol–water partition coefficient (Wildman–Crippen LogP) is 6.30. The van der Waals surface area contributed by atoms with Crippen molar-refractivity contribution in [1.82, 2.24) is 0 Å². The molecule has 1 aliphatic rings. The third-order valence-electron chi connectivity index (χ3n) is 8.29. The van der Waals surface area contributed by atoms with Gasteiger partial charge < -0.3 is 15.6 Å². The fourth-order valence-electron chi connectivity index (χ4n) is 6.67. The highest BCUT2D eigenvalue weighted by molar-refractivity contribution is 7.86. The highest BCUT2D eigenvalue weighted by Gasteiger charge is 2.61. The number of rotatable bonds is 12. The number of fused-ring (bicyclic) bond motifs is 3. The van der Waals surface area contributed by atoms with Crippen LogP contribution in [-0.4, -0.2) is 55.2 Å². The molecular weight excluding hydrogens is 564 g/mol. The molecule has 230 valence electrons. The number of sulfonamides is 1. The van der Waals surface area contributed by atoms with Gasteiger partial charge in [0.2, 0.25) is 6.04 Å². The molecule has 0 saturated heterocycles. The molecule has 1 amide bonds. The van der Waals surface area contributed by atoms with E-state index in [4.69, 9.17) is 10.5 Å². The van der Waals surface area contributed by atoms with Crippen LogP contribution in [0.25, 0.3) is 11.1 Å². The zero-order valence-electron chi connectivity index (χ0n) is 25.7. The van der Waals surface area contributed by atoms with Gasteiger partial charge in [0.05, 0.1) is 0 Å². The first-order valence-corrected chi connectivity index (χ1v) is 16.3. The number of ether oxygens (including phenoxy) is 1. The van der Waals surface area contributed by atoms with E-state index in [-0.39, 0.29) is 36.3 Å². The number of hydrogen-bond donors (Lipinski definition) is 2. The van der Waals surface area contributed by atoms with Crippen LogP contribution in [-0.2, 0) is 19.6 Å². The minimum Gasteiger partial charge on any atom is -0.477 e. The number of carbonyl (C=O) groups is 2. The normalized spacial score (nSPS) is 15.0. The van der Waals surface area contributed by atoms with Crippen molar-refractivity contribution >= 4 is 22.1 Å². The van der Waals surface area contributed by atoms with E-state index in [2.05, 4.69) is 0 Å². The van der Waals surface area contributed by atoms with Crippen LogP contribution in [0.4, 0.5) is 4.79 Å². The Morgan fingerprint density at radius 2 is 1.47 bits per heavy atom. The van der Waals surface area contributed by atoms with E-state index in [1.54, 1.807) is 39.8 Å². The SMILES string of the molecule is Cc1cc(C)c(S(=O)(=O)[N+](CC(C)C)(C(=O)OCC2c3ccccc3-c3ccccc32)[C@@H](CCCCN)C(=O)O)c(C)c1. The van der Waals surface area contributed by atoms with Gasteiger partial charge in [-0.05, 0) is 73.5 Å². The molecular formula is C34H43N2O6S+. The van der Waals surface area contributed by atoms with Gasteiger partial charge in [0.1, 0.15) is 18.0 Å². The number of unbranched alkanes of at least 4 members (excludes halogenated alkanes) is 1. The Hall–Kier alpha value is -3.53. The number of benzene rings is 3. The van der Waals surface area contributed by atoms with Gasteiger partial charge >= 0.3 is 22.1 Å². The van der Waals surface area contributed by atoms with Crippen LogP contribution in [0.3, 0.4) is 0 Å². The van der Waals surface area contributed by atoms with Crippen LogP contribution >= 0.6 is 0 Å². The van der Waals surface area contributed by atoms with Crippen molar-refractivity contribution < 1.29 is 31.7 Å². The Balaban J connectivity index is 1.87. The largest absolute Gasteiger partial charge is 0.532 e. The second kappa shape index (κ2) is 13.0. The lowest BCUT2D eigenvalue weighted by atomic mass is 9.98. The maximum absolute atomic E-state index is 14.9. The topological polar surface area (TPSA) is 124 Å². The van der Waals surface area contributed by atoms with Gasteiger partial charge in [-0.15, -0.1) is 3.89 Å². The average molecular weight is 608 g/mol. The number of aryl methyl sites for hydroxylation is 3. The molecule has 0 bridgehead atoms. The summed E-state index contributed by atoms with van der Waals surface area (Å²) >= 11 is 0. The molecule has 3 aromatic rings. The predicted molar refractivity (Wildman–Crippen MR) is 167 cm³/mol. The van der Waals surface area contributed by atoms with Crippen molar-refractivity contribution in [3.8, 4) is 11.1 Å². The van der Waals surface area contributed by atoms with E-state index in [0.717, 1.165) is 27.8 Å². The molecule has 0 fully saturated rings. The van der Waals surface area contributed by atoms with Crippen molar-refractivity contribution in [2.24, 2.45) is 11.7 Å². The highest BCUT2D eigenvalue weighted by Crippen LogP contribution is 2.45. The molecule has 3 aromatic carbocycles. The Bertz CT molecular complexity index is 1550. The summed E-state index contributed by atoms with van der Waals surface area (Å²) in [5.41, 5.74) is 11.5. The van der Waals surface area contributed by atoms with Crippen molar-refractivity contribution in [1.29, 1.82) is 0 Å². The molecule has 4 rings (SSSR count). The Morgan fingerprint density at radius 1 is 0.930 bits per heavy atom. The second-order valence-electron chi connectivity index (χ2n) is 12.0. The van der Waals surface area contributed by atoms with Crippen molar-refractivity contribution in [2.45, 2.75) is 70.7 Å². The lowest BCUT2D eigenvalue weighted by Crippen LogP contribution is -2.66. The van der Waals surface area contributed by atoms with E-state index in [1.807, 2.05) is 55.5 Å². The lowest BCUT2D eigenvalue weighted by Gasteiger charge is -2.39. The summed E-state index contributed by atoms with van der Waals surface area (Å²) in [6.45, 7) is 8.74. The second-order valence-corrected chi connectivity index (χ2v) is 14.0. The standard InChI is InChI=1S/C34H42N2O6S/c1-22(2)20-36(31(33(37)38)16-10-11-17-35,43(40,41)32-24(4)18-23(3)19-25(32)5)34(39)42-21-30-28-14-8-6-12-26(28)27-13-7-9-15-29(27)30/h6-9,12-15,18-19,22,30-31H,10-11,16-17,20-21,35H2,1-5H3/p+1/t31-,36?/m0/s1. The zero-order chi connectivity index (χ0) is 31.5. The lowest BCUT2D eigenvalue weighted by molar-refractivity contribution is -0.755. The van der Waals surface area contributed by atoms with Crippen LogP contribution in [0.5, 0.6) is 0 Å². The molecule has 1 unspecified atom stereocenters. The summed E-state index contributed by atoms with van der Waals surface area (Å²) < 4.78 is 34.5. The summed E-state index contributed by atoms with van der Waals surface area (Å²) in [5.74, 6) is -2.03. The fourth-order valence-corrected chi connectivity index (χ4v) is 9.20. The third kappa shape index (κ3) is 5.98. The summed E-state index contributed by atoms with van der Waals surface area (Å²) in [6, 6.07) is 17.6. The van der Waals surface area contributed by atoms with Gasteiger partial charge in [-0.25, -0.2) is 4.79 Å². The molecule has 1 aliphatic carbocycles. The van der Waals surface area contributed by atoms with Crippen LogP contribution < -0.4 is 5.73 Å². The molecule has 0 saturated carbocycles.